The Labute approximate surface area is 169 Å². The van der Waals surface area contributed by atoms with E-state index in [1.54, 1.807) is 42.5 Å². The van der Waals surface area contributed by atoms with Crippen molar-refractivity contribution in [3.8, 4) is 28.0 Å². The van der Waals surface area contributed by atoms with Crippen molar-refractivity contribution >= 4 is 28.9 Å². The van der Waals surface area contributed by atoms with Crippen LogP contribution in [0.3, 0.4) is 0 Å². The molecular weight excluding hydrogens is 392 g/mol. The predicted octanol–water partition coefficient (Wildman–Crippen LogP) is 4.84. The zero-order valence-corrected chi connectivity index (χ0v) is 15.6. The molecule has 29 heavy (non-hydrogen) atoms. The molecule has 0 spiro atoms. The Balaban J connectivity index is 1.61. The van der Waals surface area contributed by atoms with Crippen LogP contribution < -0.4 is 9.47 Å². The number of thiophene rings is 1. The molecule has 142 valence electrons. The number of carbonyl (C=O) groups is 1. The lowest BCUT2D eigenvalue weighted by molar-refractivity contribution is -0.384. The third-order valence-corrected chi connectivity index (χ3v) is 5.34. The van der Waals surface area contributed by atoms with Crippen LogP contribution in [0.5, 0.6) is 11.5 Å². The second-order valence-corrected chi connectivity index (χ2v) is 7.19. The molecule has 3 aromatic rings. The average molecular weight is 404 g/mol. The number of Topliss-reactive ketones (excluding diaryl/α,β-unsaturated/α-hetero) is 1. The largest absolute Gasteiger partial charge is 0.454 e. The molecule has 0 saturated carbocycles. The fourth-order valence-electron chi connectivity index (χ4n) is 2.84. The number of non-ortho nitro benzene ring substituents is 1. The quantitative estimate of drug-likeness (QED) is 0.198. The maximum absolute atomic E-state index is 12.7. The van der Waals surface area contributed by atoms with Crippen molar-refractivity contribution in [3.05, 3.63) is 80.7 Å². The number of nitriles is 1. The maximum atomic E-state index is 12.7. The second kappa shape index (κ2) is 7.58. The summed E-state index contributed by atoms with van der Waals surface area (Å²) in [6.07, 6.45) is 1.51. The topological polar surface area (TPSA) is 102 Å². The molecule has 4 rings (SSSR count). The van der Waals surface area contributed by atoms with Gasteiger partial charge >= 0.3 is 0 Å². The van der Waals surface area contributed by atoms with Gasteiger partial charge in [0.15, 0.2) is 11.5 Å². The number of carbonyl (C=O) groups excluding carboxylic acids is 1. The van der Waals surface area contributed by atoms with E-state index in [0.717, 1.165) is 4.88 Å². The third kappa shape index (κ3) is 3.72. The summed E-state index contributed by atoms with van der Waals surface area (Å²) in [7, 11) is 0. The second-order valence-electron chi connectivity index (χ2n) is 6.08. The summed E-state index contributed by atoms with van der Waals surface area (Å²) in [5.74, 6) is 0.609. The Hall–Kier alpha value is -3.96. The van der Waals surface area contributed by atoms with Crippen LogP contribution in [-0.4, -0.2) is 17.5 Å². The molecule has 0 saturated heterocycles. The number of fused-ring (bicyclic) bond motifs is 1. The molecule has 0 unspecified atom stereocenters. The Bertz CT molecular complexity index is 1210. The van der Waals surface area contributed by atoms with Crippen molar-refractivity contribution in [1.29, 1.82) is 5.26 Å². The first-order valence-corrected chi connectivity index (χ1v) is 9.27. The molecule has 0 amide bonds. The van der Waals surface area contributed by atoms with E-state index >= 15 is 0 Å². The van der Waals surface area contributed by atoms with Gasteiger partial charge in [-0.25, -0.2) is 0 Å². The van der Waals surface area contributed by atoms with Gasteiger partial charge in [0.2, 0.25) is 12.6 Å². The number of benzene rings is 2. The number of hydrogen-bond donors (Lipinski definition) is 0. The SMILES string of the molecule is N#C/C(=C/c1ccc(-c2cccc([N+](=O)[O-])c2)s1)C(=O)c1ccc2c(c1)OCO2. The number of hydrogen-bond acceptors (Lipinski definition) is 7. The van der Waals surface area contributed by atoms with E-state index in [1.165, 1.54) is 29.5 Å². The smallest absolute Gasteiger partial charge is 0.270 e. The van der Waals surface area contributed by atoms with Gasteiger partial charge in [-0.05, 0) is 42.0 Å². The normalized spacial score (nSPS) is 12.4. The number of nitro benzene ring substituents is 1. The molecule has 7 nitrogen and oxygen atoms in total. The van der Waals surface area contributed by atoms with Crippen LogP contribution >= 0.6 is 11.3 Å². The summed E-state index contributed by atoms with van der Waals surface area (Å²) in [5, 5.41) is 20.4. The van der Waals surface area contributed by atoms with Crippen molar-refractivity contribution in [2.24, 2.45) is 0 Å². The van der Waals surface area contributed by atoms with Crippen molar-refractivity contribution in [1.82, 2.24) is 0 Å². The first-order chi connectivity index (χ1) is 14.0. The first kappa shape index (κ1) is 18.4. The van der Waals surface area contributed by atoms with Crippen LogP contribution in [0.25, 0.3) is 16.5 Å². The molecule has 2 heterocycles. The maximum Gasteiger partial charge on any atom is 0.270 e. The highest BCUT2D eigenvalue weighted by atomic mass is 32.1. The summed E-state index contributed by atoms with van der Waals surface area (Å²) < 4.78 is 10.5. The molecule has 0 bridgehead atoms. The van der Waals surface area contributed by atoms with Gasteiger partial charge < -0.3 is 9.47 Å². The minimum absolute atomic E-state index is 0.00342. The van der Waals surface area contributed by atoms with Gasteiger partial charge in [0.25, 0.3) is 5.69 Å². The van der Waals surface area contributed by atoms with E-state index in [9.17, 15) is 20.2 Å². The molecule has 0 atom stereocenters. The minimum atomic E-state index is -0.449. The number of rotatable bonds is 5. The van der Waals surface area contributed by atoms with E-state index in [4.69, 9.17) is 9.47 Å². The number of nitrogens with zero attached hydrogens (tertiary/aromatic N) is 2. The lowest BCUT2D eigenvalue weighted by atomic mass is 10.0. The van der Waals surface area contributed by atoms with Gasteiger partial charge in [0.05, 0.1) is 4.92 Å². The summed E-state index contributed by atoms with van der Waals surface area (Å²) in [4.78, 5) is 24.7. The predicted molar refractivity (Wildman–Crippen MR) is 107 cm³/mol. The number of ketones is 1. The van der Waals surface area contributed by atoms with Gasteiger partial charge in [0.1, 0.15) is 11.6 Å². The molecule has 0 radical (unpaired) electrons. The Kier molecular flexibility index (Phi) is 4.81. The summed E-state index contributed by atoms with van der Waals surface area (Å²) in [6.45, 7) is 0.101. The van der Waals surface area contributed by atoms with E-state index in [-0.39, 0.29) is 18.1 Å². The zero-order chi connectivity index (χ0) is 20.4. The molecule has 8 heteroatoms. The standard InChI is InChI=1S/C21H12N2O5S/c22-11-15(21(24)14-4-6-18-19(10-14)28-12-27-18)9-17-5-7-20(29-17)13-2-1-3-16(8-13)23(25)26/h1-10H,12H2/b15-9-. The van der Waals surface area contributed by atoms with Gasteiger partial charge in [0, 0.05) is 27.5 Å². The zero-order valence-electron chi connectivity index (χ0n) is 14.8. The number of nitro groups is 1. The lowest BCUT2D eigenvalue weighted by Gasteiger charge is -2.01. The highest BCUT2D eigenvalue weighted by Crippen LogP contribution is 2.34. The van der Waals surface area contributed by atoms with E-state index in [2.05, 4.69) is 0 Å². The van der Waals surface area contributed by atoms with Crippen LogP contribution in [0.15, 0.2) is 60.2 Å². The summed E-state index contributed by atoms with van der Waals surface area (Å²) >= 11 is 1.34. The highest BCUT2D eigenvalue weighted by molar-refractivity contribution is 7.16. The lowest BCUT2D eigenvalue weighted by Crippen LogP contribution is -2.01. The Morgan fingerprint density at radius 1 is 1.14 bits per heavy atom. The fraction of sp³-hybridized carbons (Fsp3) is 0.0476. The average Bonchev–Trinajstić information content (AvgIpc) is 3.40. The van der Waals surface area contributed by atoms with E-state index in [1.807, 2.05) is 6.07 Å². The monoisotopic (exact) mass is 404 g/mol. The Morgan fingerprint density at radius 3 is 2.76 bits per heavy atom. The van der Waals surface area contributed by atoms with Crippen molar-refractivity contribution in [2.45, 2.75) is 0 Å². The van der Waals surface area contributed by atoms with Gasteiger partial charge in [-0.2, -0.15) is 5.26 Å². The molecule has 0 fully saturated rings. The van der Waals surface area contributed by atoms with Gasteiger partial charge in [-0.3, -0.25) is 14.9 Å². The van der Waals surface area contributed by atoms with Gasteiger partial charge in [-0.1, -0.05) is 12.1 Å². The molecular formula is C21H12N2O5S. The molecule has 1 aliphatic rings. The number of ether oxygens (including phenoxy) is 2. The van der Waals surface area contributed by atoms with Crippen LogP contribution in [0.2, 0.25) is 0 Å². The molecule has 1 aliphatic heterocycles. The molecule has 0 N–H and O–H groups in total. The molecule has 2 aromatic carbocycles. The highest BCUT2D eigenvalue weighted by Gasteiger charge is 2.19. The Morgan fingerprint density at radius 2 is 1.97 bits per heavy atom. The third-order valence-electron chi connectivity index (χ3n) is 4.25. The molecule has 1 aromatic heterocycles. The van der Waals surface area contributed by atoms with Gasteiger partial charge in [-0.15, -0.1) is 11.3 Å². The molecule has 0 aliphatic carbocycles. The van der Waals surface area contributed by atoms with Crippen molar-refractivity contribution in [2.75, 3.05) is 6.79 Å². The summed E-state index contributed by atoms with van der Waals surface area (Å²) in [6, 6.07) is 16.6. The minimum Gasteiger partial charge on any atom is -0.454 e. The van der Waals surface area contributed by atoms with Crippen molar-refractivity contribution < 1.29 is 19.2 Å². The van der Waals surface area contributed by atoms with E-state index in [0.29, 0.717) is 27.5 Å². The summed E-state index contributed by atoms with van der Waals surface area (Å²) in [5.41, 5.74) is 1.02. The van der Waals surface area contributed by atoms with Crippen LogP contribution in [-0.2, 0) is 0 Å². The fourth-order valence-corrected chi connectivity index (χ4v) is 3.79. The van der Waals surface area contributed by atoms with E-state index < -0.39 is 10.7 Å². The number of allylic oxidation sites excluding steroid dienone is 1. The van der Waals surface area contributed by atoms with Crippen molar-refractivity contribution in [3.63, 3.8) is 0 Å². The van der Waals surface area contributed by atoms with Crippen LogP contribution in [0.4, 0.5) is 5.69 Å². The van der Waals surface area contributed by atoms with Crippen LogP contribution in [0.1, 0.15) is 15.2 Å². The van der Waals surface area contributed by atoms with Crippen LogP contribution in [0, 0.1) is 21.4 Å². The first-order valence-electron chi connectivity index (χ1n) is 8.46.